The molecule has 1 aromatic carbocycles. The van der Waals surface area contributed by atoms with E-state index in [1.807, 2.05) is 0 Å². The summed E-state index contributed by atoms with van der Waals surface area (Å²) in [6.07, 6.45) is 1.41. The van der Waals surface area contributed by atoms with Crippen molar-refractivity contribution in [1.82, 2.24) is 0 Å². The van der Waals surface area contributed by atoms with Crippen LogP contribution in [-0.4, -0.2) is 6.08 Å². The van der Waals surface area contributed by atoms with Gasteiger partial charge in [-0.1, -0.05) is 6.07 Å². The van der Waals surface area contributed by atoms with Crippen molar-refractivity contribution in [1.29, 1.82) is 0 Å². The molecule has 0 bridgehead atoms. The average molecular weight is 162 g/mol. The van der Waals surface area contributed by atoms with Crippen LogP contribution in [0.2, 0.25) is 0 Å². The molecule has 12 heavy (non-hydrogen) atoms. The molecule has 0 aliphatic heterocycles. The van der Waals surface area contributed by atoms with E-state index < -0.39 is 0 Å². The zero-order valence-corrected chi connectivity index (χ0v) is 6.44. The van der Waals surface area contributed by atoms with Gasteiger partial charge in [-0.2, -0.15) is 4.99 Å². The first kappa shape index (κ1) is 8.30. The number of nitroso groups, excluding NO2 is 1. The molecule has 0 heterocycles. The molecule has 0 fully saturated rings. The van der Waals surface area contributed by atoms with Gasteiger partial charge in [-0.15, -0.1) is 4.91 Å². The van der Waals surface area contributed by atoms with E-state index in [-0.39, 0.29) is 0 Å². The van der Waals surface area contributed by atoms with Crippen molar-refractivity contribution in [3.05, 3.63) is 28.7 Å². The molecule has 0 N–H and O–H groups in total. The Morgan fingerprint density at radius 3 is 2.58 bits per heavy atom. The lowest BCUT2D eigenvalue weighted by atomic mass is 10.2. The lowest BCUT2D eigenvalue weighted by Crippen LogP contribution is -1.74. The minimum atomic E-state index is 0.298. The second kappa shape index (κ2) is 3.55. The summed E-state index contributed by atoms with van der Waals surface area (Å²) in [6.45, 7) is 1.67. The van der Waals surface area contributed by atoms with Crippen molar-refractivity contribution in [2.75, 3.05) is 0 Å². The average Bonchev–Trinajstić information content (AvgIpc) is 2.09. The van der Waals surface area contributed by atoms with Crippen LogP contribution in [0.15, 0.2) is 28.4 Å². The van der Waals surface area contributed by atoms with Gasteiger partial charge in [-0.25, -0.2) is 4.79 Å². The van der Waals surface area contributed by atoms with Gasteiger partial charge in [-0.3, -0.25) is 0 Å². The maximum Gasteiger partial charge on any atom is 0.240 e. The summed E-state index contributed by atoms with van der Waals surface area (Å²) < 4.78 is 0. The number of carbonyl (C=O) groups excluding carboxylic acids is 1. The summed E-state index contributed by atoms with van der Waals surface area (Å²) in [5, 5.41) is 2.77. The van der Waals surface area contributed by atoms with Crippen molar-refractivity contribution in [2.24, 2.45) is 10.2 Å². The SMILES string of the molecule is Cc1c(N=O)cccc1N=C=O. The molecule has 1 aromatic rings. The molecule has 0 atom stereocenters. The third kappa shape index (κ3) is 1.44. The van der Waals surface area contributed by atoms with E-state index in [1.165, 1.54) is 6.08 Å². The Morgan fingerprint density at radius 1 is 1.33 bits per heavy atom. The summed E-state index contributed by atoms with van der Waals surface area (Å²) in [7, 11) is 0. The van der Waals surface area contributed by atoms with Crippen LogP contribution in [0.5, 0.6) is 0 Å². The second-order valence-corrected chi connectivity index (χ2v) is 2.22. The van der Waals surface area contributed by atoms with Gasteiger partial charge < -0.3 is 0 Å². The summed E-state index contributed by atoms with van der Waals surface area (Å²) in [5.74, 6) is 0. The van der Waals surface area contributed by atoms with Crippen LogP contribution >= 0.6 is 0 Å². The lowest BCUT2D eigenvalue weighted by molar-refractivity contribution is 0.565. The third-order valence-electron chi connectivity index (χ3n) is 1.54. The van der Waals surface area contributed by atoms with E-state index in [4.69, 9.17) is 0 Å². The third-order valence-corrected chi connectivity index (χ3v) is 1.54. The Hall–Kier alpha value is -1.80. The van der Waals surface area contributed by atoms with E-state index >= 15 is 0 Å². The Bertz CT molecular complexity index is 354. The Balaban J connectivity index is 3.31. The molecule has 0 saturated carbocycles. The molecule has 4 nitrogen and oxygen atoms in total. The van der Waals surface area contributed by atoms with Gasteiger partial charge in [0.1, 0.15) is 5.69 Å². The summed E-state index contributed by atoms with van der Waals surface area (Å²) in [6, 6.07) is 4.79. The van der Waals surface area contributed by atoms with Crippen molar-refractivity contribution >= 4 is 17.5 Å². The molecule has 0 amide bonds. The van der Waals surface area contributed by atoms with Crippen LogP contribution in [0, 0.1) is 11.8 Å². The number of rotatable bonds is 2. The lowest BCUT2D eigenvalue weighted by Gasteiger charge is -1.97. The number of nitrogens with zero attached hydrogens (tertiary/aromatic N) is 2. The quantitative estimate of drug-likeness (QED) is 0.380. The maximum atomic E-state index is 10.2. The monoisotopic (exact) mass is 162 g/mol. The fourth-order valence-corrected chi connectivity index (χ4v) is 0.881. The van der Waals surface area contributed by atoms with E-state index in [1.54, 1.807) is 25.1 Å². The number of hydrogen-bond acceptors (Lipinski definition) is 4. The minimum Gasteiger partial charge on any atom is -0.211 e. The van der Waals surface area contributed by atoms with Crippen LogP contribution in [0.4, 0.5) is 11.4 Å². The zero-order chi connectivity index (χ0) is 8.97. The zero-order valence-electron chi connectivity index (χ0n) is 6.44. The van der Waals surface area contributed by atoms with Gasteiger partial charge in [-0.05, 0) is 24.2 Å². The molecule has 0 aliphatic carbocycles. The first-order chi connectivity index (χ1) is 5.79. The van der Waals surface area contributed by atoms with Gasteiger partial charge in [0.05, 0.1) is 5.69 Å². The molecule has 0 radical (unpaired) electrons. The van der Waals surface area contributed by atoms with Gasteiger partial charge >= 0.3 is 0 Å². The summed E-state index contributed by atoms with van der Waals surface area (Å²) >= 11 is 0. The first-order valence-electron chi connectivity index (χ1n) is 3.30. The molecule has 0 aromatic heterocycles. The summed E-state index contributed by atoms with van der Waals surface area (Å²) in [5.41, 5.74) is 1.32. The fourth-order valence-electron chi connectivity index (χ4n) is 0.881. The van der Waals surface area contributed by atoms with Gasteiger partial charge in [0.25, 0.3) is 0 Å². The summed E-state index contributed by atoms with van der Waals surface area (Å²) in [4.78, 5) is 23.5. The molecule has 0 unspecified atom stereocenters. The van der Waals surface area contributed by atoms with Gasteiger partial charge in [0, 0.05) is 5.56 Å². The molecule has 0 spiro atoms. The highest BCUT2D eigenvalue weighted by atomic mass is 16.3. The molecular formula is C8H6N2O2. The maximum absolute atomic E-state index is 10.2. The fraction of sp³-hybridized carbons (Fsp3) is 0.125. The number of isocyanates is 1. The predicted molar refractivity (Wildman–Crippen MR) is 44.4 cm³/mol. The highest BCUT2D eigenvalue weighted by molar-refractivity contribution is 5.62. The normalized spacial score (nSPS) is 8.75. The van der Waals surface area contributed by atoms with Gasteiger partial charge in [0.15, 0.2) is 0 Å². The topological polar surface area (TPSA) is 58.9 Å². The second-order valence-electron chi connectivity index (χ2n) is 2.22. The van der Waals surface area contributed by atoms with Crippen LogP contribution in [0.25, 0.3) is 0 Å². The number of aliphatic imine (C=N–C) groups is 1. The number of benzene rings is 1. The van der Waals surface area contributed by atoms with Crippen molar-refractivity contribution in [2.45, 2.75) is 6.92 Å². The van der Waals surface area contributed by atoms with E-state index in [2.05, 4.69) is 10.2 Å². The molecular weight excluding hydrogens is 156 g/mol. The minimum absolute atomic E-state index is 0.298. The molecule has 60 valence electrons. The van der Waals surface area contributed by atoms with E-state index in [9.17, 15) is 9.70 Å². The largest absolute Gasteiger partial charge is 0.240 e. The standard InChI is InChI=1S/C8H6N2O2/c1-6-7(9-5-11)3-2-4-8(6)10-12/h2-4H,1H3. The van der Waals surface area contributed by atoms with E-state index in [0.717, 1.165) is 0 Å². The van der Waals surface area contributed by atoms with Crippen molar-refractivity contribution < 1.29 is 4.79 Å². The number of hydrogen-bond donors (Lipinski definition) is 0. The molecule has 0 saturated heterocycles. The Kier molecular flexibility index (Phi) is 2.46. The molecule has 4 heteroatoms. The molecule has 1 rings (SSSR count). The van der Waals surface area contributed by atoms with E-state index in [0.29, 0.717) is 16.9 Å². The van der Waals surface area contributed by atoms with Crippen LogP contribution in [0.3, 0.4) is 0 Å². The predicted octanol–water partition coefficient (Wildman–Crippen LogP) is 2.36. The Labute approximate surface area is 68.9 Å². The first-order valence-corrected chi connectivity index (χ1v) is 3.30. The van der Waals surface area contributed by atoms with Crippen LogP contribution in [-0.2, 0) is 4.79 Å². The van der Waals surface area contributed by atoms with Crippen molar-refractivity contribution in [3.63, 3.8) is 0 Å². The Morgan fingerprint density at radius 2 is 2.00 bits per heavy atom. The highest BCUT2D eigenvalue weighted by Crippen LogP contribution is 2.26. The molecule has 0 aliphatic rings. The highest BCUT2D eigenvalue weighted by Gasteiger charge is 2.01. The van der Waals surface area contributed by atoms with Crippen molar-refractivity contribution in [3.8, 4) is 0 Å². The smallest absolute Gasteiger partial charge is 0.211 e. The van der Waals surface area contributed by atoms with Gasteiger partial charge in [0.2, 0.25) is 6.08 Å². The van der Waals surface area contributed by atoms with Crippen LogP contribution < -0.4 is 0 Å². The van der Waals surface area contributed by atoms with Crippen LogP contribution in [0.1, 0.15) is 5.56 Å².